The average molecular weight is 439 g/mol. The second kappa shape index (κ2) is 7.34. The first kappa shape index (κ1) is 19.5. The summed E-state index contributed by atoms with van der Waals surface area (Å²) in [4.78, 5) is 19.7. The molecule has 0 radical (unpaired) electrons. The van der Waals surface area contributed by atoms with Crippen molar-refractivity contribution in [2.24, 2.45) is 0 Å². The summed E-state index contributed by atoms with van der Waals surface area (Å²) >= 11 is 6.21. The molecule has 3 aromatic heterocycles. The molecule has 31 heavy (non-hydrogen) atoms. The van der Waals surface area contributed by atoms with Gasteiger partial charge in [0.15, 0.2) is 5.82 Å². The third kappa shape index (κ3) is 3.12. The molecular formula is C21H16ClFN6O2. The van der Waals surface area contributed by atoms with E-state index in [1.165, 1.54) is 24.5 Å². The molecule has 5 rings (SSSR count). The highest BCUT2D eigenvalue weighted by Crippen LogP contribution is 2.36. The van der Waals surface area contributed by atoms with Crippen LogP contribution in [-0.2, 0) is 10.3 Å². The quantitative estimate of drug-likeness (QED) is 0.501. The van der Waals surface area contributed by atoms with E-state index < -0.39 is 11.4 Å². The van der Waals surface area contributed by atoms with E-state index in [4.69, 9.17) is 16.3 Å². The number of nitrogens with zero attached hydrogens (tertiary/aromatic N) is 4. The van der Waals surface area contributed by atoms with Gasteiger partial charge in [-0.15, -0.1) is 0 Å². The number of nitriles is 1. The van der Waals surface area contributed by atoms with Crippen LogP contribution in [0.3, 0.4) is 0 Å². The number of pyridine rings is 2. The maximum Gasteiger partial charge on any atom is 0.261 e. The summed E-state index contributed by atoms with van der Waals surface area (Å²) in [5, 5.41) is 18.2. The van der Waals surface area contributed by atoms with Crippen molar-refractivity contribution in [2.75, 3.05) is 18.5 Å². The Morgan fingerprint density at radius 3 is 3.06 bits per heavy atom. The van der Waals surface area contributed by atoms with Crippen molar-refractivity contribution in [2.45, 2.75) is 18.4 Å². The first-order chi connectivity index (χ1) is 15.0. The van der Waals surface area contributed by atoms with Crippen LogP contribution < -0.4 is 10.9 Å². The number of hydrogen-bond donors (Lipinski definition) is 2. The van der Waals surface area contributed by atoms with Crippen LogP contribution in [0, 0.1) is 17.1 Å². The number of nitrogens with one attached hydrogen (secondary N) is 2. The van der Waals surface area contributed by atoms with Gasteiger partial charge in [-0.05, 0) is 30.7 Å². The third-order valence-corrected chi connectivity index (χ3v) is 5.88. The summed E-state index contributed by atoms with van der Waals surface area (Å²) < 4.78 is 21.6. The fraction of sp³-hybridized carbons (Fsp3) is 0.238. The number of fused-ring (bicyclic) bond motifs is 2. The highest BCUT2D eigenvalue weighted by atomic mass is 35.5. The predicted octanol–water partition coefficient (Wildman–Crippen LogP) is 3.84. The molecule has 4 aromatic rings. The zero-order valence-electron chi connectivity index (χ0n) is 16.2. The minimum Gasteiger partial charge on any atom is -0.379 e. The molecule has 4 heterocycles. The third-order valence-electron chi connectivity index (χ3n) is 5.55. The monoisotopic (exact) mass is 438 g/mol. The minimum atomic E-state index is -0.688. The highest BCUT2D eigenvalue weighted by molar-refractivity contribution is 6.35. The van der Waals surface area contributed by atoms with Gasteiger partial charge in [-0.1, -0.05) is 11.6 Å². The number of hydrogen-bond acceptors (Lipinski definition) is 6. The number of aromatic nitrogens is 4. The topological polar surface area (TPSA) is 109 Å². The molecule has 1 aromatic carbocycles. The van der Waals surface area contributed by atoms with Gasteiger partial charge in [0.05, 0.1) is 40.8 Å². The molecular weight excluding hydrogens is 423 g/mol. The van der Waals surface area contributed by atoms with Crippen molar-refractivity contribution in [3.05, 3.63) is 57.9 Å². The lowest BCUT2D eigenvalue weighted by atomic mass is 9.95. The Morgan fingerprint density at radius 2 is 2.29 bits per heavy atom. The van der Waals surface area contributed by atoms with E-state index in [0.29, 0.717) is 52.2 Å². The summed E-state index contributed by atoms with van der Waals surface area (Å²) in [5.74, 6) is -0.276. The van der Waals surface area contributed by atoms with E-state index in [9.17, 15) is 14.4 Å². The number of aromatic amines is 1. The summed E-state index contributed by atoms with van der Waals surface area (Å²) in [6, 6.07) is 8.09. The number of benzene rings is 1. The molecule has 0 saturated carbocycles. The van der Waals surface area contributed by atoms with Crippen LogP contribution in [-0.4, -0.2) is 33.0 Å². The van der Waals surface area contributed by atoms with Crippen molar-refractivity contribution in [1.29, 1.82) is 5.26 Å². The van der Waals surface area contributed by atoms with Crippen LogP contribution >= 0.6 is 11.6 Å². The lowest BCUT2D eigenvalue weighted by Crippen LogP contribution is -2.34. The molecule has 0 spiro atoms. The molecule has 1 aliphatic rings. The van der Waals surface area contributed by atoms with Crippen molar-refractivity contribution < 1.29 is 9.13 Å². The van der Waals surface area contributed by atoms with Gasteiger partial charge >= 0.3 is 0 Å². The van der Waals surface area contributed by atoms with Gasteiger partial charge in [0.1, 0.15) is 16.7 Å². The van der Waals surface area contributed by atoms with E-state index in [2.05, 4.69) is 26.5 Å². The van der Waals surface area contributed by atoms with E-state index in [0.717, 1.165) is 0 Å². The number of ether oxygens (including phenoxy) is 1. The van der Waals surface area contributed by atoms with E-state index in [-0.39, 0.29) is 17.8 Å². The molecule has 8 nitrogen and oxygen atoms in total. The molecule has 0 amide bonds. The van der Waals surface area contributed by atoms with Gasteiger partial charge in [0.25, 0.3) is 5.56 Å². The molecule has 0 aliphatic carbocycles. The van der Waals surface area contributed by atoms with Crippen molar-refractivity contribution >= 4 is 44.9 Å². The van der Waals surface area contributed by atoms with Gasteiger partial charge < -0.3 is 15.0 Å². The number of H-pyrrole nitrogens is 1. The highest BCUT2D eigenvalue weighted by Gasteiger charge is 2.39. The minimum absolute atomic E-state index is 0.177. The fourth-order valence-corrected chi connectivity index (χ4v) is 4.26. The Morgan fingerprint density at radius 1 is 1.42 bits per heavy atom. The van der Waals surface area contributed by atoms with E-state index in [1.807, 2.05) is 0 Å². The van der Waals surface area contributed by atoms with Gasteiger partial charge in [0.2, 0.25) is 0 Å². The van der Waals surface area contributed by atoms with Crippen LogP contribution in [0.2, 0.25) is 5.02 Å². The van der Waals surface area contributed by atoms with E-state index in [1.54, 1.807) is 16.8 Å². The van der Waals surface area contributed by atoms with Gasteiger partial charge in [-0.25, -0.2) is 4.39 Å². The Bertz CT molecular complexity index is 1420. The number of halogens is 2. The van der Waals surface area contributed by atoms with Crippen molar-refractivity contribution in [3.63, 3.8) is 0 Å². The van der Waals surface area contributed by atoms with E-state index >= 15 is 0 Å². The van der Waals surface area contributed by atoms with Crippen LogP contribution in [0.1, 0.15) is 12.8 Å². The summed E-state index contributed by atoms with van der Waals surface area (Å²) in [5.41, 5.74) is 0.276. The second-order valence-corrected chi connectivity index (χ2v) is 7.86. The number of anilines is 2. The summed E-state index contributed by atoms with van der Waals surface area (Å²) in [7, 11) is 0. The first-order valence-electron chi connectivity index (χ1n) is 9.59. The molecule has 1 atom stereocenters. The molecule has 1 unspecified atom stereocenters. The molecule has 0 bridgehead atoms. The summed E-state index contributed by atoms with van der Waals surface area (Å²) in [6.45, 7) is 0.801. The van der Waals surface area contributed by atoms with Gasteiger partial charge in [0, 0.05) is 24.4 Å². The molecule has 156 valence electrons. The predicted molar refractivity (Wildman–Crippen MR) is 114 cm³/mol. The molecule has 2 N–H and O–H groups in total. The first-order valence-corrected chi connectivity index (χ1v) is 9.97. The standard InChI is InChI=1S/C21H16ClFN6O2/c22-14-1-6-25-18-13(14)9-12(23)10-15(18)27-19-17-16(2-7-26-20(17)30)29(28-19)21(3-5-24)4-8-31-11-21/h1-2,6-7,9-10H,3-4,8,11H2,(H,26,30)(H,27,28). The van der Waals surface area contributed by atoms with Gasteiger partial charge in [-0.3, -0.25) is 14.5 Å². The van der Waals surface area contributed by atoms with Crippen LogP contribution in [0.5, 0.6) is 0 Å². The largest absolute Gasteiger partial charge is 0.379 e. The fourth-order valence-electron chi connectivity index (χ4n) is 4.06. The lowest BCUT2D eigenvalue weighted by Gasteiger charge is -2.25. The van der Waals surface area contributed by atoms with Crippen molar-refractivity contribution in [3.8, 4) is 6.07 Å². The Balaban J connectivity index is 1.73. The normalized spacial score (nSPS) is 18.5. The van der Waals surface area contributed by atoms with Crippen LogP contribution in [0.15, 0.2) is 41.5 Å². The number of rotatable bonds is 4. The SMILES string of the molecule is N#CCC1(n2nc(Nc3cc(F)cc4c(Cl)ccnc34)c3c(=O)[nH]ccc32)CCOC1. The average Bonchev–Trinajstić information content (AvgIpc) is 3.36. The zero-order valence-corrected chi connectivity index (χ0v) is 16.9. The second-order valence-electron chi connectivity index (χ2n) is 7.46. The summed E-state index contributed by atoms with van der Waals surface area (Å²) in [6.07, 6.45) is 3.82. The smallest absolute Gasteiger partial charge is 0.261 e. The Labute approximate surface area is 180 Å². The molecule has 1 saturated heterocycles. The Kier molecular flexibility index (Phi) is 4.61. The maximum absolute atomic E-state index is 14.3. The van der Waals surface area contributed by atoms with Crippen molar-refractivity contribution in [1.82, 2.24) is 19.7 Å². The molecule has 1 aliphatic heterocycles. The maximum atomic E-state index is 14.3. The lowest BCUT2D eigenvalue weighted by molar-refractivity contribution is 0.151. The zero-order chi connectivity index (χ0) is 21.6. The van der Waals surface area contributed by atoms with Crippen LogP contribution in [0.4, 0.5) is 15.9 Å². The molecule has 1 fully saturated rings. The Hall–Kier alpha value is -3.48. The van der Waals surface area contributed by atoms with Gasteiger partial charge in [-0.2, -0.15) is 10.4 Å². The molecule has 10 heteroatoms. The van der Waals surface area contributed by atoms with Crippen LogP contribution in [0.25, 0.3) is 21.8 Å².